The van der Waals surface area contributed by atoms with Gasteiger partial charge < -0.3 is 4.90 Å². The van der Waals surface area contributed by atoms with Gasteiger partial charge in [0.05, 0.1) is 11.7 Å². The number of benzene rings is 3. The van der Waals surface area contributed by atoms with E-state index in [9.17, 15) is 9.59 Å². The number of carbonyl (C=O) groups is 2. The molecule has 3 aromatic carbocycles. The lowest BCUT2D eigenvalue weighted by Crippen LogP contribution is -2.52. The van der Waals surface area contributed by atoms with Crippen LogP contribution in [0.2, 0.25) is 5.02 Å². The van der Waals surface area contributed by atoms with Crippen molar-refractivity contribution in [2.45, 2.75) is 18.9 Å². The molecule has 0 bridgehead atoms. The van der Waals surface area contributed by atoms with Crippen molar-refractivity contribution in [3.05, 3.63) is 101 Å². The minimum Gasteiger partial charge on any atom is -0.335 e. The number of hydrogen-bond acceptors (Lipinski definition) is 4. The number of nitrogens with zero attached hydrogens (tertiary/aromatic N) is 4. The lowest BCUT2D eigenvalue weighted by atomic mass is 9.96. The first-order valence-electron chi connectivity index (χ1n) is 11.9. The summed E-state index contributed by atoms with van der Waals surface area (Å²) < 4.78 is 0. The van der Waals surface area contributed by atoms with Crippen molar-refractivity contribution < 1.29 is 9.59 Å². The van der Waals surface area contributed by atoms with Crippen molar-refractivity contribution in [1.29, 1.82) is 0 Å². The molecule has 0 N–H and O–H groups in total. The first-order chi connectivity index (χ1) is 17.1. The second-order valence-corrected chi connectivity index (χ2v) is 9.22. The molecule has 2 amide bonds. The molecule has 6 nitrogen and oxygen atoms in total. The van der Waals surface area contributed by atoms with Crippen molar-refractivity contribution in [3.63, 3.8) is 0 Å². The fourth-order valence-electron chi connectivity index (χ4n) is 4.74. The van der Waals surface area contributed by atoms with Crippen molar-refractivity contribution in [2.75, 3.05) is 31.2 Å². The van der Waals surface area contributed by atoms with Gasteiger partial charge in [0.2, 0.25) is 5.91 Å². The molecule has 0 spiro atoms. The summed E-state index contributed by atoms with van der Waals surface area (Å²) in [5.74, 6) is -0.174. The van der Waals surface area contributed by atoms with Crippen LogP contribution < -0.4 is 5.01 Å². The van der Waals surface area contributed by atoms with Crippen molar-refractivity contribution in [2.24, 2.45) is 5.10 Å². The Hall–Kier alpha value is -3.48. The molecule has 0 radical (unpaired) electrons. The van der Waals surface area contributed by atoms with Gasteiger partial charge in [-0.15, -0.1) is 0 Å². The van der Waals surface area contributed by atoms with Crippen LogP contribution in [0.4, 0.5) is 5.69 Å². The fraction of sp³-hybridized carbons (Fsp3) is 0.250. The molecular formula is C28H27ClN4O2. The second-order valence-electron chi connectivity index (χ2n) is 8.78. The Labute approximate surface area is 210 Å². The van der Waals surface area contributed by atoms with Crippen LogP contribution in [0.5, 0.6) is 0 Å². The van der Waals surface area contributed by atoms with Crippen molar-refractivity contribution in [3.8, 4) is 0 Å². The molecule has 7 heteroatoms. The number of hydrazone groups is 1. The number of halogens is 1. The van der Waals surface area contributed by atoms with Gasteiger partial charge in [-0.25, -0.2) is 5.01 Å². The molecule has 0 saturated carbocycles. The van der Waals surface area contributed by atoms with E-state index >= 15 is 0 Å². The number of piperazine rings is 1. The average molecular weight is 487 g/mol. The Morgan fingerprint density at radius 1 is 0.771 bits per heavy atom. The lowest BCUT2D eigenvalue weighted by molar-refractivity contribution is -0.126. The van der Waals surface area contributed by atoms with Gasteiger partial charge in [0, 0.05) is 44.0 Å². The average Bonchev–Trinajstić information content (AvgIpc) is 2.91. The van der Waals surface area contributed by atoms with Crippen LogP contribution in [0.1, 0.15) is 30.0 Å². The summed E-state index contributed by atoms with van der Waals surface area (Å²) in [4.78, 5) is 30.0. The molecule has 2 aliphatic heterocycles. The highest BCUT2D eigenvalue weighted by molar-refractivity contribution is 6.40. The van der Waals surface area contributed by atoms with E-state index in [0.29, 0.717) is 35.9 Å². The minimum absolute atomic E-state index is 0.0826. The third-order valence-corrected chi connectivity index (χ3v) is 6.80. The third kappa shape index (κ3) is 5.14. The molecular weight excluding hydrogens is 460 g/mol. The van der Waals surface area contributed by atoms with Gasteiger partial charge in [-0.3, -0.25) is 14.5 Å². The van der Waals surface area contributed by atoms with Gasteiger partial charge in [0.1, 0.15) is 5.71 Å². The monoisotopic (exact) mass is 486 g/mol. The fourth-order valence-corrected chi connectivity index (χ4v) is 4.86. The number of hydrogen-bond donors (Lipinski definition) is 0. The van der Waals surface area contributed by atoms with Crippen LogP contribution >= 0.6 is 11.6 Å². The summed E-state index contributed by atoms with van der Waals surface area (Å²) in [6.45, 7) is 2.69. The number of rotatable bonds is 5. The maximum absolute atomic E-state index is 13.3. The van der Waals surface area contributed by atoms with E-state index in [-0.39, 0.29) is 24.3 Å². The van der Waals surface area contributed by atoms with E-state index in [1.807, 2.05) is 53.4 Å². The minimum atomic E-state index is -0.0914. The van der Waals surface area contributed by atoms with Gasteiger partial charge in [0.15, 0.2) is 0 Å². The van der Waals surface area contributed by atoms with E-state index in [1.165, 1.54) is 16.1 Å². The molecule has 3 aromatic rings. The van der Waals surface area contributed by atoms with Crippen LogP contribution in [0.3, 0.4) is 0 Å². The van der Waals surface area contributed by atoms with Gasteiger partial charge in [-0.05, 0) is 35.4 Å². The van der Waals surface area contributed by atoms with E-state index in [2.05, 4.69) is 46.4 Å². The Balaban J connectivity index is 1.31. The SMILES string of the molecule is O=C(C1=NN(c2ccccc2)C(=O)CC1)N1CCN(C(c2ccccc2)c2ccc(Cl)cc2)CC1. The zero-order valence-corrected chi connectivity index (χ0v) is 20.1. The summed E-state index contributed by atoms with van der Waals surface area (Å²) in [5.41, 5.74) is 3.51. The molecule has 35 heavy (non-hydrogen) atoms. The highest BCUT2D eigenvalue weighted by atomic mass is 35.5. The summed E-state index contributed by atoms with van der Waals surface area (Å²) in [6.07, 6.45) is 0.657. The zero-order chi connectivity index (χ0) is 24.2. The Bertz CT molecular complexity index is 1210. The topological polar surface area (TPSA) is 56.2 Å². The molecule has 0 aliphatic carbocycles. The maximum atomic E-state index is 13.3. The van der Waals surface area contributed by atoms with E-state index < -0.39 is 0 Å². The largest absolute Gasteiger partial charge is 0.335 e. The summed E-state index contributed by atoms with van der Waals surface area (Å²) in [5, 5.41) is 6.52. The molecule has 2 heterocycles. The molecule has 1 fully saturated rings. The normalized spacial score (nSPS) is 17.7. The third-order valence-electron chi connectivity index (χ3n) is 6.55. The first-order valence-corrected chi connectivity index (χ1v) is 12.3. The summed E-state index contributed by atoms with van der Waals surface area (Å²) in [6, 6.07) is 27.8. The predicted molar refractivity (Wildman–Crippen MR) is 138 cm³/mol. The van der Waals surface area contributed by atoms with Crippen LogP contribution in [0.15, 0.2) is 90.0 Å². The van der Waals surface area contributed by atoms with Crippen molar-refractivity contribution >= 4 is 34.8 Å². The van der Waals surface area contributed by atoms with Crippen LogP contribution in [-0.4, -0.2) is 53.5 Å². The van der Waals surface area contributed by atoms with Gasteiger partial charge >= 0.3 is 0 Å². The Kier molecular flexibility index (Phi) is 6.93. The van der Waals surface area contributed by atoms with Crippen LogP contribution in [0, 0.1) is 0 Å². The zero-order valence-electron chi connectivity index (χ0n) is 19.4. The number of para-hydroxylation sites is 1. The standard InChI is InChI=1S/C28H27ClN4O2/c29-23-13-11-22(12-14-23)27(21-7-3-1-4-8-21)31-17-19-32(20-18-31)28(35)25-15-16-26(34)33(30-25)24-9-5-2-6-10-24/h1-14,27H,15-20H2. The van der Waals surface area contributed by atoms with Crippen LogP contribution in [-0.2, 0) is 9.59 Å². The van der Waals surface area contributed by atoms with Crippen LogP contribution in [0.25, 0.3) is 0 Å². The van der Waals surface area contributed by atoms with Gasteiger partial charge in [0.25, 0.3) is 5.91 Å². The van der Waals surface area contributed by atoms with E-state index in [1.54, 1.807) is 0 Å². The predicted octanol–water partition coefficient (Wildman–Crippen LogP) is 4.76. The number of carbonyl (C=O) groups excluding carboxylic acids is 2. The maximum Gasteiger partial charge on any atom is 0.270 e. The highest BCUT2D eigenvalue weighted by Gasteiger charge is 2.32. The molecule has 1 atom stereocenters. The van der Waals surface area contributed by atoms with E-state index in [0.717, 1.165) is 13.1 Å². The Morgan fingerprint density at radius 2 is 1.37 bits per heavy atom. The first kappa shape index (κ1) is 23.3. The number of amides is 2. The lowest BCUT2D eigenvalue weighted by Gasteiger charge is -2.40. The quantitative estimate of drug-likeness (QED) is 0.522. The Morgan fingerprint density at radius 3 is 2.03 bits per heavy atom. The van der Waals surface area contributed by atoms with Crippen molar-refractivity contribution in [1.82, 2.24) is 9.80 Å². The molecule has 5 rings (SSSR count). The van der Waals surface area contributed by atoms with E-state index in [4.69, 9.17) is 11.6 Å². The number of anilines is 1. The second kappa shape index (κ2) is 10.4. The molecule has 178 valence electrons. The van der Waals surface area contributed by atoms with Gasteiger partial charge in [-0.1, -0.05) is 72.3 Å². The molecule has 0 aromatic heterocycles. The highest BCUT2D eigenvalue weighted by Crippen LogP contribution is 2.30. The molecule has 2 aliphatic rings. The molecule has 1 unspecified atom stereocenters. The smallest absolute Gasteiger partial charge is 0.270 e. The van der Waals surface area contributed by atoms with Gasteiger partial charge in [-0.2, -0.15) is 5.10 Å². The summed E-state index contributed by atoms with van der Waals surface area (Å²) >= 11 is 6.14. The molecule has 1 saturated heterocycles. The summed E-state index contributed by atoms with van der Waals surface area (Å²) in [7, 11) is 0.